The smallest absolute Gasteiger partial charge is 0.186 e. The van der Waals surface area contributed by atoms with Crippen molar-refractivity contribution in [1.82, 2.24) is 5.32 Å². The molecule has 0 fully saturated rings. The average molecular weight is 422 g/mol. The molecular weight excluding hydrogens is 396 g/mol. The van der Waals surface area contributed by atoms with E-state index < -0.39 is 0 Å². The molecule has 1 aliphatic heterocycles. The summed E-state index contributed by atoms with van der Waals surface area (Å²) in [6.07, 6.45) is 2.13. The van der Waals surface area contributed by atoms with E-state index in [1.807, 2.05) is 43.3 Å². The van der Waals surface area contributed by atoms with Crippen LogP contribution < -0.4 is 15.4 Å². The van der Waals surface area contributed by atoms with Crippen molar-refractivity contribution >= 4 is 17.3 Å². The molecule has 3 aromatic rings. The number of hydrogen-bond donors (Lipinski definition) is 3. The Morgan fingerprint density at radius 1 is 1.03 bits per heavy atom. The van der Waals surface area contributed by atoms with Crippen LogP contribution in [0.15, 0.2) is 72.8 Å². The number of rotatable bonds is 5. The molecule has 154 valence electrons. The SMILES string of the molecule is CCOc1cccc(C2C=C(c3ccc(C)cc3)NC(c3ccc(Cl)cc3)[NH2+]2)c1O. The molecule has 0 bridgehead atoms. The summed E-state index contributed by atoms with van der Waals surface area (Å²) >= 11 is 6.09. The highest BCUT2D eigenvalue weighted by Gasteiger charge is 2.30. The molecule has 0 aromatic heterocycles. The van der Waals surface area contributed by atoms with Crippen molar-refractivity contribution in [2.24, 2.45) is 0 Å². The second-order valence-electron chi connectivity index (χ2n) is 7.47. The lowest BCUT2D eigenvalue weighted by Crippen LogP contribution is -2.89. The molecule has 0 amide bonds. The quantitative estimate of drug-likeness (QED) is 0.559. The second-order valence-corrected chi connectivity index (χ2v) is 7.90. The Balaban J connectivity index is 1.75. The second kappa shape index (κ2) is 8.82. The lowest BCUT2D eigenvalue weighted by Gasteiger charge is -2.30. The Bertz CT molecular complexity index is 1050. The van der Waals surface area contributed by atoms with Crippen LogP contribution in [0.25, 0.3) is 5.70 Å². The summed E-state index contributed by atoms with van der Waals surface area (Å²) < 4.78 is 5.60. The number of quaternary nitrogens is 1. The van der Waals surface area contributed by atoms with E-state index in [-0.39, 0.29) is 18.0 Å². The van der Waals surface area contributed by atoms with Crippen LogP contribution in [0.2, 0.25) is 5.02 Å². The number of ether oxygens (including phenoxy) is 1. The van der Waals surface area contributed by atoms with Gasteiger partial charge in [-0.15, -0.1) is 0 Å². The van der Waals surface area contributed by atoms with Gasteiger partial charge in [0, 0.05) is 22.4 Å². The Hall–Kier alpha value is -2.95. The zero-order valence-electron chi connectivity index (χ0n) is 17.1. The number of nitrogens with one attached hydrogen (secondary N) is 1. The number of hydrogen-bond acceptors (Lipinski definition) is 3. The minimum absolute atomic E-state index is 0.0243. The van der Waals surface area contributed by atoms with E-state index in [9.17, 15) is 5.11 Å². The van der Waals surface area contributed by atoms with E-state index in [4.69, 9.17) is 16.3 Å². The van der Waals surface area contributed by atoms with Crippen molar-refractivity contribution in [2.45, 2.75) is 26.1 Å². The van der Waals surface area contributed by atoms with E-state index in [1.165, 1.54) is 5.56 Å². The van der Waals surface area contributed by atoms with Crippen LogP contribution in [0.5, 0.6) is 11.5 Å². The van der Waals surface area contributed by atoms with Crippen molar-refractivity contribution in [3.05, 3.63) is 100 Å². The Morgan fingerprint density at radius 2 is 1.77 bits per heavy atom. The molecule has 30 heavy (non-hydrogen) atoms. The number of phenolic OH excluding ortho intramolecular Hbond substituents is 1. The molecule has 0 radical (unpaired) electrons. The molecular formula is C25H26ClN2O2+. The van der Waals surface area contributed by atoms with Gasteiger partial charge in [0.1, 0.15) is 6.04 Å². The van der Waals surface area contributed by atoms with Gasteiger partial charge in [-0.05, 0) is 55.8 Å². The van der Waals surface area contributed by atoms with Gasteiger partial charge in [0.25, 0.3) is 0 Å². The van der Waals surface area contributed by atoms with Crippen molar-refractivity contribution in [3.8, 4) is 11.5 Å². The molecule has 0 saturated heterocycles. The predicted octanol–water partition coefficient (Wildman–Crippen LogP) is 4.70. The number of nitrogens with two attached hydrogens (primary N) is 1. The first kappa shape index (κ1) is 20.3. The van der Waals surface area contributed by atoms with E-state index >= 15 is 0 Å². The largest absolute Gasteiger partial charge is 0.504 e. The zero-order chi connectivity index (χ0) is 21.1. The first-order chi connectivity index (χ1) is 14.5. The third kappa shape index (κ3) is 4.30. The minimum Gasteiger partial charge on any atom is -0.504 e. The molecule has 2 atom stereocenters. The fraction of sp³-hybridized carbons (Fsp3) is 0.200. The summed E-state index contributed by atoms with van der Waals surface area (Å²) in [4.78, 5) is 0. The molecule has 0 spiro atoms. The van der Waals surface area contributed by atoms with E-state index in [0.717, 1.165) is 22.4 Å². The van der Waals surface area contributed by atoms with Crippen molar-refractivity contribution in [2.75, 3.05) is 6.61 Å². The number of benzene rings is 3. The number of phenols is 1. The lowest BCUT2D eigenvalue weighted by atomic mass is 9.97. The first-order valence-corrected chi connectivity index (χ1v) is 10.5. The maximum Gasteiger partial charge on any atom is 0.186 e. The fourth-order valence-electron chi connectivity index (χ4n) is 3.76. The van der Waals surface area contributed by atoms with Crippen LogP contribution >= 0.6 is 11.6 Å². The molecule has 0 saturated carbocycles. The Labute approximate surface area is 182 Å². The molecule has 0 aliphatic carbocycles. The van der Waals surface area contributed by atoms with Gasteiger partial charge < -0.3 is 20.5 Å². The number of halogens is 1. The normalized spacial score (nSPS) is 18.4. The van der Waals surface area contributed by atoms with Crippen LogP contribution in [0.4, 0.5) is 0 Å². The van der Waals surface area contributed by atoms with E-state index in [2.05, 4.69) is 47.9 Å². The van der Waals surface area contributed by atoms with E-state index in [0.29, 0.717) is 17.4 Å². The van der Waals surface area contributed by atoms with Crippen LogP contribution in [-0.4, -0.2) is 11.7 Å². The van der Waals surface area contributed by atoms with Crippen LogP contribution in [0.3, 0.4) is 0 Å². The summed E-state index contributed by atoms with van der Waals surface area (Å²) in [5, 5.41) is 17.4. The molecule has 4 nitrogen and oxygen atoms in total. The van der Waals surface area contributed by atoms with Crippen LogP contribution in [0.1, 0.15) is 41.4 Å². The highest BCUT2D eigenvalue weighted by molar-refractivity contribution is 6.30. The summed E-state index contributed by atoms with van der Waals surface area (Å²) in [7, 11) is 0. The summed E-state index contributed by atoms with van der Waals surface area (Å²) in [6, 6.07) is 21.9. The van der Waals surface area contributed by atoms with Gasteiger partial charge in [-0.25, -0.2) is 0 Å². The van der Waals surface area contributed by atoms with Gasteiger partial charge >= 0.3 is 0 Å². The predicted molar refractivity (Wildman–Crippen MR) is 120 cm³/mol. The molecule has 1 heterocycles. The molecule has 2 unspecified atom stereocenters. The van der Waals surface area contributed by atoms with Crippen molar-refractivity contribution in [3.63, 3.8) is 0 Å². The summed E-state index contributed by atoms with van der Waals surface area (Å²) in [5.74, 6) is 0.701. The summed E-state index contributed by atoms with van der Waals surface area (Å²) in [6.45, 7) is 4.50. The topological polar surface area (TPSA) is 58.1 Å². The third-order valence-corrected chi connectivity index (χ3v) is 5.59. The van der Waals surface area contributed by atoms with Crippen LogP contribution in [0, 0.1) is 6.92 Å². The molecule has 4 N–H and O–H groups in total. The standard InChI is InChI=1S/C25H25ClN2O2/c1-3-30-23-6-4-5-20(24(23)29)22-15-21(17-9-7-16(2)8-10-17)27-25(28-22)18-11-13-19(26)14-12-18/h4-15,22,25,27-29H,3H2,1-2H3/p+1. The number of aromatic hydroxyl groups is 1. The minimum atomic E-state index is -0.0800. The first-order valence-electron chi connectivity index (χ1n) is 10.2. The van der Waals surface area contributed by atoms with Gasteiger partial charge in [0.15, 0.2) is 17.7 Å². The maximum absolute atomic E-state index is 10.8. The molecule has 1 aliphatic rings. The van der Waals surface area contributed by atoms with Gasteiger partial charge in [-0.2, -0.15) is 0 Å². The molecule has 5 heteroatoms. The molecule has 4 rings (SSSR count). The van der Waals surface area contributed by atoms with Crippen molar-refractivity contribution < 1.29 is 15.2 Å². The van der Waals surface area contributed by atoms with E-state index in [1.54, 1.807) is 6.07 Å². The average Bonchev–Trinajstić information content (AvgIpc) is 2.76. The van der Waals surface area contributed by atoms with Gasteiger partial charge in [0.2, 0.25) is 0 Å². The fourth-order valence-corrected chi connectivity index (χ4v) is 3.88. The monoisotopic (exact) mass is 421 g/mol. The van der Waals surface area contributed by atoms with Gasteiger partial charge in [0.05, 0.1) is 12.2 Å². The highest BCUT2D eigenvalue weighted by atomic mass is 35.5. The summed E-state index contributed by atoms with van der Waals surface area (Å²) in [5.41, 5.74) is 5.30. The van der Waals surface area contributed by atoms with Crippen LogP contribution in [-0.2, 0) is 0 Å². The van der Waals surface area contributed by atoms with Gasteiger partial charge in [-0.1, -0.05) is 47.5 Å². The third-order valence-electron chi connectivity index (χ3n) is 5.34. The Morgan fingerprint density at radius 3 is 2.47 bits per heavy atom. The Kier molecular flexibility index (Phi) is 5.98. The number of aryl methyl sites for hydroxylation is 1. The van der Waals surface area contributed by atoms with Gasteiger partial charge in [-0.3, -0.25) is 0 Å². The zero-order valence-corrected chi connectivity index (χ0v) is 17.9. The lowest BCUT2D eigenvalue weighted by molar-refractivity contribution is -0.731. The maximum atomic E-state index is 10.8. The number of para-hydroxylation sites is 1. The van der Waals surface area contributed by atoms with Crippen molar-refractivity contribution in [1.29, 1.82) is 0 Å². The molecule has 3 aromatic carbocycles. The highest BCUT2D eigenvalue weighted by Crippen LogP contribution is 2.35.